The topological polar surface area (TPSA) is 61.5 Å². The second-order valence-corrected chi connectivity index (χ2v) is 5.18. The Balaban J connectivity index is 2.10. The summed E-state index contributed by atoms with van der Waals surface area (Å²) in [5.74, 6) is 0.112. The molecule has 2 N–H and O–H groups in total. The molecule has 2 rings (SSSR count). The van der Waals surface area contributed by atoms with Gasteiger partial charge in [0.1, 0.15) is 11.7 Å². The molecule has 1 aliphatic carbocycles. The lowest BCUT2D eigenvalue weighted by Crippen LogP contribution is -2.18. The zero-order chi connectivity index (χ0) is 14.4. The average Bonchev–Trinajstić information content (AvgIpc) is 2.70. The van der Waals surface area contributed by atoms with Crippen LogP contribution in [0.25, 0.3) is 0 Å². The van der Waals surface area contributed by atoms with Crippen LogP contribution in [0.2, 0.25) is 0 Å². The summed E-state index contributed by atoms with van der Waals surface area (Å²) in [6.45, 7) is 2.34. The van der Waals surface area contributed by atoms with Gasteiger partial charge in [-0.1, -0.05) is 18.9 Å². The maximum Gasteiger partial charge on any atom is 0.342 e. The number of para-hydroxylation sites is 1. The molecule has 1 fully saturated rings. The number of carbonyl (C=O) groups is 1. The highest BCUT2D eigenvalue weighted by Gasteiger charge is 2.21. The van der Waals surface area contributed by atoms with E-state index in [-0.39, 0.29) is 12.1 Å². The third-order valence-corrected chi connectivity index (χ3v) is 3.63. The number of anilines is 1. The Bertz CT molecular complexity index is 451. The molecule has 0 radical (unpaired) electrons. The molecule has 4 nitrogen and oxygen atoms in total. The van der Waals surface area contributed by atoms with Gasteiger partial charge in [-0.25, -0.2) is 4.79 Å². The van der Waals surface area contributed by atoms with E-state index < -0.39 is 0 Å². The van der Waals surface area contributed by atoms with Crippen LogP contribution in [-0.4, -0.2) is 18.7 Å². The third-order valence-electron chi connectivity index (χ3n) is 3.63. The van der Waals surface area contributed by atoms with Gasteiger partial charge in [-0.05, 0) is 44.7 Å². The van der Waals surface area contributed by atoms with Crippen molar-refractivity contribution in [1.82, 2.24) is 0 Å². The van der Waals surface area contributed by atoms with Gasteiger partial charge >= 0.3 is 5.97 Å². The largest absolute Gasteiger partial charge is 0.491 e. The molecule has 0 atom stereocenters. The van der Waals surface area contributed by atoms with E-state index in [9.17, 15) is 4.79 Å². The minimum atomic E-state index is -0.326. The minimum Gasteiger partial charge on any atom is -0.491 e. The van der Waals surface area contributed by atoms with Gasteiger partial charge in [0.05, 0.1) is 12.3 Å². The smallest absolute Gasteiger partial charge is 0.342 e. The fraction of sp³-hybridized carbons (Fsp3) is 0.562. The van der Waals surface area contributed by atoms with Crippen molar-refractivity contribution in [1.29, 1.82) is 0 Å². The van der Waals surface area contributed by atoms with Gasteiger partial charge in [0.15, 0.2) is 5.75 Å². The number of hydrogen-bond acceptors (Lipinski definition) is 4. The Hall–Kier alpha value is -1.71. The quantitative estimate of drug-likeness (QED) is 0.519. The van der Waals surface area contributed by atoms with Crippen LogP contribution in [-0.2, 0) is 4.74 Å². The molecule has 0 heterocycles. The van der Waals surface area contributed by atoms with Gasteiger partial charge in [0.2, 0.25) is 0 Å². The lowest BCUT2D eigenvalue weighted by atomic mass is 10.1. The fourth-order valence-electron chi connectivity index (χ4n) is 2.60. The minimum absolute atomic E-state index is 0.0286. The average molecular weight is 277 g/mol. The van der Waals surface area contributed by atoms with Gasteiger partial charge in [-0.3, -0.25) is 0 Å². The number of esters is 1. The highest BCUT2D eigenvalue weighted by atomic mass is 16.5. The van der Waals surface area contributed by atoms with E-state index in [0.717, 1.165) is 25.7 Å². The summed E-state index contributed by atoms with van der Waals surface area (Å²) < 4.78 is 11.1. The second-order valence-electron chi connectivity index (χ2n) is 5.18. The van der Waals surface area contributed by atoms with E-state index in [1.54, 1.807) is 18.2 Å². The summed E-state index contributed by atoms with van der Waals surface area (Å²) in [5, 5.41) is 0. The van der Waals surface area contributed by atoms with Crippen molar-refractivity contribution in [2.75, 3.05) is 12.3 Å². The van der Waals surface area contributed by atoms with E-state index in [4.69, 9.17) is 15.2 Å². The molecule has 1 saturated carbocycles. The standard InChI is InChI=1S/C16H23NO3/c1-2-19-15-13(10-7-11-14(15)17)16(18)20-12-8-5-3-4-6-9-12/h7,10-12H,2-6,8-9,17H2,1H3. The maximum atomic E-state index is 12.3. The number of carbonyl (C=O) groups excluding carboxylic acids is 1. The molecule has 0 bridgehead atoms. The monoisotopic (exact) mass is 277 g/mol. The Morgan fingerprint density at radius 3 is 2.60 bits per heavy atom. The zero-order valence-electron chi connectivity index (χ0n) is 12.1. The Morgan fingerprint density at radius 1 is 1.25 bits per heavy atom. The van der Waals surface area contributed by atoms with Gasteiger partial charge in [-0.15, -0.1) is 0 Å². The van der Waals surface area contributed by atoms with Crippen molar-refractivity contribution in [2.45, 2.75) is 51.6 Å². The van der Waals surface area contributed by atoms with Crippen LogP contribution in [0.4, 0.5) is 5.69 Å². The first-order valence-electron chi connectivity index (χ1n) is 7.44. The summed E-state index contributed by atoms with van der Waals surface area (Å²) in [6, 6.07) is 5.19. The molecule has 1 aromatic rings. The van der Waals surface area contributed by atoms with Crippen molar-refractivity contribution < 1.29 is 14.3 Å². The molecule has 20 heavy (non-hydrogen) atoms. The van der Waals surface area contributed by atoms with Crippen LogP contribution >= 0.6 is 0 Å². The first-order valence-corrected chi connectivity index (χ1v) is 7.44. The Labute approximate surface area is 120 Å². The predicted molar refractivity (Wildman–Crippen MR) is 78.9 cm³/mol. The second kappa shape index (κ2) is 7.17. The number of rotatable bonds is 4. The van der Waals surface area contributed by atoms with Crippen LogP contribution in [0.3, 0.4) is 0 Å². The fourth-order valence-corrected chi connectivity index (χ4v) is 2.60. The number of ether oxygens (including phenoxy) is 2. The van der Waals surface area contributed by atoms with Gasteiger partial charge in [-0.2, -0.15) is 0 Å². The van der Waals surface area contributed by atoms with E-state index >= 15 is 0 Å². The molecule has 110 valence electrons. The molecule has 0 amide bonds. The maximum absolute atomic E-state index is 12.3. The lowest BCUT2D eigenvalue weighted by Gasteiger charge is -2.17. The number of nitrogens with two attached hydrogens (primary N) is 1. The highest BCUT2D eigenvalue weighted by molar-refractivity contribution is 5.94. The van der Waals surface area contributed by atoms with Crippen LogP contribution in [0.5, 0.6) is 5.75 Å². The summed E-state index contributed by atoms with van der Waals surface area (Å²) >= 11 is 0. The van der Waals surface area contributed by atoms with E-state index in [2.05, 4.69) is 0 Å². The summed E-state index contributed by atoms with van der Waals surface area (Å²) in [4.78, 5) is 12.3. The Kier molecular flexibility index (Phi) is 5.27. The third kappa shape index (κ3) is 3.65. The molecule has 0 aliphatic heterocycles. The number of hydrogen-bond donors (Lipinski definition) is 1. The van der Waals surface area contributed by atoms with E-state index in [0.29, 0.717) is 23.6 Å². The summed E-state index contributed by atoms with van der Waals surface area (Å²) in [6.07, 6.45) is 6.67. The molecular weight excluding hydrogens is 254 g/mol. The van der Waals surface area contributed by atoms with Crippen molar-refractivity contribution in [2.24, 2.45) is 0 Å². The van der Waals surface area contributed by atoms with Crippen molar-refractivity contribution >= 4 is 11.7 Å². The molecule has 4 heteroatoms. The SMILES string of the molecule is CCOc1c(N)cccc1C(=O)OC1CCCCCC1. The van der Waals surface area contributed by atoms with Crippen LogP contribution in [0.1, 0.15) is 55.8 Å². The molecule has 0 spiro atoms. The van der Waals surface area contributed by atoms with E-state index in [1.807, 2.05) is 6.92 Å². The molecular formula is C16H23NO3. The highest BCUT2D eigenvalue weighted by Crippen LogP contribution is 2.28. The molecule has 1 aliphatic rings. The zero-order valence-corrected chi connectivity index (χ0v) is 12.1. The van der Waals surface area contributed by atoms with Crippen molar-refractivity contribution in [3.63, 3.8) is 0 Å². The Morgan fingerprint density at radius 2 is 1.95 bits per heavy atom. The molecule has 0 aromatic heterocycles. The van der Waals surface area contributed by atoms with Crippen LogP contribution in [0, 0.1) is 0 Å². The van der Waals surface area contributed by atoms with Gasteiger partial charge in [0, 0.05) is 0 Å². The van der Waals surface area contributed by atoms with Crippen LogP contribution < -0.4 is 10.5 Å². The van der Waals surface area contributed by atoms with Crippen LogP contribution in [0.15, 0.2) is 18.2 Å². The summed E-state index contributed by atoms with van der Waals surface area (Å²) in [5.41, 5.74) is 6.77. The predicted octanol–water partition coefficient (Wildman–Crippen LogP) is 3.55. The molecule has 0 saturated heterocycles. The molecule has 1 aromatic carbocycles. The van der Waals surface area contributed by atoms with Crippen molar-refractivity contribution in [3.8, 4) is 5.75 Å². The first kappa shape index (κ1) is 14.7. The number of nitrogen functional groups attached to an aromatic ring is 1. The summed E-state index contributed by atoms with van der Waals surface area (Å²) in [7, 11) is 0. The first-order chi connectivity index (χ1) is 9.72. The van der Waals surface area contributed by atoms with Gasteiger partial charge < -0.3 is 15.2 Å². The lowest BCUT2D eigenvalue weighted by molar-refractivity contribution is 0.0263. The van der Waals surface area contributed by atoms with E-state index in [1.165, 1.54) is 12.8 Å². The normalized spacial score (nSPS) is 16.4. The number of benzene rings is 1. The molecule has 0 unspecified atom stereocenters. The van der Waals surface area contributed by atoms with Gasteiger partial charge in [0.25, 0.3) is 0 Å². The van der Waals surface area contributed by atoms with Crippen molar-refractivity contribution in [3.05, 3.63) is 23.8 Å².